The summed E-state index contributed by atoms with van der Waals surface area (Å²) in [5.74, 6) is 0.515. The molecule has 2 heterocycles. The summed E-state index contributed by atoms with van der Waals surface area (Å²) >= 11 is 4.67. The SMILES string of the molecule is CCn1c(Sc2nc(NC)ncc2Br)n[nH]c1=O. The van der Waals surface area contributed by atoms with E-state index in [1.807, 2.05) is 6.92 Å². The third-order valence-electron chi connectivity index (χ3n) is 2.16. The van der Waals surface area contributed by atoms with Gasteiger partial charge in [-0.2, -0.15) is 0 Å². The largest absolute Gasteiger partial charge is 0.357 e. The van der Waals surface area contributed by atoms with E-state index in [4.69, 9.17) is 0 Å². The molecule has 0 saturated carbocycles. The van der Waals surface area contributed by atoms with E-state index in [0.29, 0.717) is 22.7 Å². The lowest BCUT2D eigenvalue weighted by Gasteiger charge is -2.05. The van der Waals surface area contributed by atoms with Gasteiger partial charge in [-0.05, 0) is 34.6 Å². The van der Waals surface area contributed by atoms with Gasteiger partial charge in [0.15, 0.2) is 5.16 Å². The second-order valence-corrected chi connectivity index (χ2v) is 5.06. The molecule has 2 rings (SSSR count). The number of H-pyrrole nitrogens is 1. The van der Waals surface area contributed by atoms with Crippen LogP contribution in [0.15, 0.2) is 25.6 Å². The molecular formula is C9H11BrN6OS. The molecule has 0 aliphatic carbocycles. The number of nitrogens with one attached hydrogen (secondary N) is 2. The van der Waals surface area contributed by atoms with E-state index in [1.54, 1.807) is 13.2 Å². The summed E-state index contributed by atoms with van der Waals surface area (Å²) in [5.41, 5.74) is -0.223. The number of aromatic nitrogens is 5. The van der Waals surface area contributed by atoms with Gasteiger partial charge in [0.2, 0.25) is 5.95 Å². The van der Waals surface area contributed by atoms with E-state index in [0.717, 1.165) is 4.47 Å². The molecule has 0 unspecified atom stereocenters. The summed E-state index contributed by atoms with van der Waals surface area (Å²) in [4.78, 5) is 19.8. The molecule has 7 nitrogen and oxygen atoms in total. The highest BCUT2D eigenvalue weighted by atomic mass is 79.9. The maximum Gasteiger partial charge on any atom is 0.343 e. The third-order valence-corrected chi connectivity index (χ3v) is 4.00. The Morgan fingerprint density at radius 1 is 1.61 bits per heavy atom. The predicted octanol–water partition coefficient (Wildman–Crippen LogP) is 1.34. The van der Waals surface area contributed by atoms with Crippen LogP contribution in [0.1, 0.15) is 6.92 Å². The van der Waals surface area contributed by atoms with Crippen molar-refractivity contribution in [3.8, 4) is 0 Å². The van der Waals surface area contributed by atoms with Crippen LogP contribution in [0.4, 0.5) is 5.95 Å². The van der Waals surface area contributed by atoms with Crippen LogP contribution in [0.3, 0.4) is 0 Å². The Labute approximate surface area is 116 Å². The summed E-state index contributed by atoms with van der Waals surface area (Å²) in [7, 11) is 1.74. The van der Waals surface area contributed by atoms with Crippen LogP contribution >= 0.6 is 27.7 Å². The van der Waals surface area contributed by atoms with Gasteiger partial charge in [-0.25, -0.2) is 19.9 Å². The molecular weight excluding hydrogens is 320 g/mol. The Morgan fingerprint density at radius 2 is 2.39 bits per heavy atom. The summed E-state index contributed by atoms with van der Waals surface area (Å²) < 4.78 is 2.29. The van der Waals surface area contributed by atoms with Crippen molar-refractivity contribution in [2.24, 2.45) is 0 Å². The van der Waals surface area contributed by atoms with Gasteiger partial charge in [-0.3, -0.25) is 4.57 Å². The number of aromatic amines is 1. The van der Waals surface area contributed by atoms with E-state index in [9.17, 15) is 4.79 Å². The lowest BCUT2D eigenvalue weighted by molar-refractivity contribution is 0.660. The van der Waals surface area contributed by atoms with Crippen molar-refractivity contribution < 1.29 is 0 Å². The Morgan fingerprint density at radius 3 is 3.06 bits per heavy atom. The molecule has 2 aromatic rings. The molecule has 0 atom stereocenters. The molecule has 2 N–H and O–H groups in total. The quantitative estimate of drug-likeness (QED) is 0.822. The van der Waals surface area contributed by atoms with Crippen LogP contribution in [0.25, 0.3) is 0 Å². The van der Waals surface area contributed by atoms with Crippen LogP contribution in [-0.2, 0) is 6.54 Å². The summed E-state index contributed by atoms with van der Waals surface area (Å²) in [6.07, 6.45) is 1.65. The second-order valence-electron chi connectivity index (χ2n) is 3.25. The fraction of sp³-hybridized carbons (Fsp3) is 0.333. The Bertz CT molecular complexity index is 609. The molecule has 0 aromatic carbocycles. The minimum atomic E-state index is -0.223. The number of hydrogen-bond donors (Lipinski definition) is 2. The molecule has 96 valence electrons. The van der Waals surface area contributed by atoms with Crippen LogP contribution in [0.5, 0.6) is 0 Å². The molecule has 9 heteroatoms. The van der Waals surface area contributed by atoms with Crippen molar-refractivity contribution in [2.75, 3.05) is 12.4 Å². The highest BCUT2D eigenvalue weighted by Crippen LogP contribution is 2.30. The minimum absolute atomic E-state index is 0.223. The molecule has 0 spiro atoms. The number of hydrogen-bond acceptors (Lipinski definition) is 6. The molecule has 0 aliphatic rings. The third kappa shape index (κ3) is 2.56. The number of nitrogens with zero attached hydrogens (tertiary/aromatic N) is 4. The topological polar surface area (TPSA) is 88.5 Å². The summed E-state index contributed by atoms with van der Waals surface area (Å²) in [5, 5.41) is 10.5. The van der Waals surface area contributed by atoms with Crippen LogP contribution in [0.2, 0.25) is 0 Å². The zero-order valence-corrected chi connectivity index (χ0v) is 12.2. The first-order valence-corrected chi connectivity index (χ1v) is 6.80. The molecule has 0 amide bonds. The van der Waals surface area contributed by atoms with Gasteiger partial charge in [0.25, 0.3) is 0 Å². The second kappa shape index (κ2) is 5.53. The average Bonchev–Trinajstić information content (AvgIpc) is 2.72. The lowest BCUT2D eigenvalue weighted by atomic mass is 10.7. The van der Waals surface area contributed by atoms with Gasteiger partial charge >= 0.3 is 5.69 Å². The van der Waals surface area contributed by atoms with Crippen molar-refractivity contribution in [2.45, 2.75) is 23.7 Å². The van der Waals surface area contributed by atoms with Crippen molar-refractivity contribution in [3.63, 3.8) is 0 Å². The van der Waals surface area contributed by atoms with Crippen LogP contribution in [0, 0.1) is 0 Å². The highest BCUT2D eigenvalue weighted by molar-refractivity contribution is 9.10. The Kier molecular flexibility index (Phi) is 4.02. The Balaban J connectivity index is 2.36. The minimum Gasteiger partial charge on any atom is -0.357 e. The first-order valence-electron chi connectivity index (χ1n) is 5.19. The van der Waals surface area contributed by atoms with E-state index < -0.39 is 0 Å². The zero-order chi connectivity index (χ0) is 13.1. The molecule has 0 bridgehead atoms. The van der Waals surface area contributed by atoms with E-state index >= 15 is 0 Å². The molecule has 0 saturated heterocycles. The standard InChI is InChI=1S/C9H11BrN6OS/c1-3-16-8(17)14-15-9(16)18-6-5(10)4-12-7(11-2)13-6/h4H,3H2,1-2H3,(H,14,17)(H,11,12,13). The lowest BCUT2D eigenvalue weighted by Crippen LogP contribution is -2.16. The van der Waals surface area contributed by atoms with Gasteiger partial charge in [0.1, 0.15) is 5.03 Å². The molecule has 18 heavy (non-hydrogen) atoms. The normalized spacial score (nSPS) is 10.6. The van der Waals surface area contributed by atoms with Gasteiger partial charge in [0.05, 0.1) is 4.47 Å². The van der Waals surface area contributed by atoms with Crippen molar-refractivity contribution >= 4 is 33.6 Å². The van der Waals surface area contributed by atoms with Crippen LogP contribution in [-0.4, -0.2) is 31.8 Å². The molecule has 0 radical (unpaired) electrons. The monoisotopic (exact) mass is 330 g/mol. The fourth-order valence-electron chi connectivity index (χ4n) is 1.29. The zero-order valence-electron chi connectivity index (χ0n) is 9.77. The van der Waals surface area contributed by atoms with Crippen molar-refractivity contribution in [1.29, 1.82) is 0 Å². The smallest absolute Gasteiger partial charge is 0.343 e. The van der Waals surface area contributed by atoms with E-state index in [-0.39, 0.29) is 5.69 Å². The molecule has 0 fully saturated rings. The van der Waals surface area contributed by atoms with E-state index in [2.05, 4.69) is 41.4 Å². The van der Waals surface area contributed by atoms with Crippen LogP contribution < -0.4 is 11.0 Å². The van der Waals surface area contributed by atoms with E-state index in [1.165, 1.54) is 16.3 Å². The van der Waals surface area contributed by atoms with Gasteiger partial charge < -0.3 is 5.32 Å². The average molecular weight is 331 g/mol. The first-order chi connectivity index (χ1) is 8.65. The number of halogens is 1. The number of anilines is 1. The highest BCUT2D eigenvalue weighted by Gasteiger charge is 2.12. The molecule has 2 aromatic heterocycles. The molecule has 0 aliphatic heterocycles. The fourth-order valence-corrected chi connectivity index (χ4v) is 2.59. The predicted molar refractivity (Wildman–Crippen MR) is 71.9 cm³/mol. The Hall–Kier alpha value is -1.35. The van der Waals surface area contributed by atoms with Gasteiger partial charge in [-0.15, -0.1) is 5.10 Å². The van der Waals surface area contributed by atoms with Gasteiger partial charge in [0, 0.05) is 19.8 Å². The maximum absolute atomic E-state index is 11.4. The maximum atomic E-state index is 11.4. The van der Waals surface area contributed by atoms with Gasteiger partial charge in [-0.1, -0.05) is 0 Å². The number of rotatable bonds is 4. The summed E-state index contributed by atoms with van der Waals surface area (Å²) in [6, 6.07) is 0. The first kappa shape index (κ1) is 13.1. The van der Waals surface area contributed by atoms with Crippen molar-refractivity contribution in [1.82, 2.24) is 24.7 Å². The van der Waals surface area contributed by atoms with Crippen molar-refractivity contribution in [3.05, 3.63) is 21.2 Å². The summed E-state index contributed by atoms with van der Waals surface area (Å²) in [6.45, 7) is 2.44.